The van der Waals surface area contributed by atoms with Gasteiger partial charge in [0.25, 0.3) is 0 Å². The first-order valence-electron chi connectivity index (χ1n) is 13.3. The molecule has 4 rings (SSSR count). The first-order chi connectivity index (χ1) is 16.2. The Balaban J connectivity index is 1.41. The van der Waals surface area contributed by atoms with Gasteiger partial charge in [-0.2, -0.15) is 0 Å². The van der Waals surface area contributed by atoms with Gasteiger partial charge in [-0.1, -0.05) is 26.7 Å². The van der Waals surface area contributed by atoms with E-state index in [9.17, 15) is 4.79 Å². The fraction of sp³-hybridized carbons (Fsp3) is 0.741. The number of rotatable bonds is 8. The van der Waals surface area contributed by atoms with Crippen LogP contribution in [0.25, 0.3) is 0 Å². The molecule has 2 saturated heterocycles. The van der Waals surface area contributed by atoms with Crippen LogP contribution in [0.3, 0.4) is 0 Å². The quantitative estimate of drug-likeness (QED) is 0.325. The first-order valence-corrected chi connectivity index (χ1v) is 14.1. The molecule has 3 atom stereocenters. The highest BCUT2D eigenvalue weighted by Crippen LogP contribution is 2.39. The van der Waals surface area contributed by atoms with E-state index in [4.69, 9.17) is 10.8 Å². The van der Waals surface area contributed by atoms with E-state index in [2.05, 4.69) is 29.3 Å². The second kappa shape index (κ2) is 10.9. The number of carbonyl (C=O) groups excluding carboxylic acids is 1. The van der Waals surface area contributed by atoms with Gasteiger partial charge in [-0.05, 0) is 70.9 Å². The van der Waals surface area contributed by atoms with E-state index in [-0.39, 0.29) is 29.8 Å². The summed E-state index contributed by atoms with van der Waals surface area (Å²) >= 11 is 1.81. The summed E-state index contributed by atoms with van der Waals surface area (Å²) in [6.45, 7) is 9.06. The van der Waals surface area contributed by atoms with Crippen molar-refractivity contribution in [1.29, 1.82) is 10.8 Å². The molecule has 3 aliphatic rings. The SMILES string of the molecule is CC(=N)N(C(=N)C(C)C)C1CC2CCC(C1)N2CCC(NC(=O)C1CCCC1)c1ccc(C)s1. The van der Waals surface area contributed by atoms with E-state index in [1.165, 1.54) is 35.4 Å². The third kappa shape index (κ3) is 5.56. The Hall–Kier alpha value is -1.73. The fourth-order valence-corrected chi connectivity index (χ4v) is 7.40. The molecule has 1 amide bonds. The number of aryl methyl sites for hydroxylation is 1. The second-order valence-electron chi connectivity index (χ2n) is 11.0. The maximum absolute atomic E-state index is 13.0. The predicted molar refractivity (Wildman–Crippen MR) is 141 cm³/mol. The summed E-state index contributed by atoms with van der Waals surface area (Å²) in [6, 6.07) is 5.76. The smallest absolute Gasteiger partial charge is 0.223 e. The Bertz CT molecular complexity index is 875. The number of hydrogen-bond acceptors (Lipinski definition) is 5. The predicted octanol–water partition coefficient (Wildman–Crippen LogP) is 5.72. The Morgan fingerprint density at radius 3 is 2.32 bits per heavy atom. The molecule has 3 fully saturated rings. The van der Waals surface area contributed by atoms with Crippen LogP contribution >= 0.6 is 11.3 Å². The highest BCUT2D eigenvalue weighted by molar-refractivity contribution is 7.12. The Morgan fingerprint density at radius 2 is 1.79 bits per heavy atom. The number of amides is 1. The summed E-state index contributed by atoms with van der Waals surface area (Å²) in [5.74, 6) is 1.66. The van der Waals surface area contributed by atoms with Crippen LogP contribution in [-0.4, -0.2) is 52.0 Å². The minimum Gasteiger partial charge on any atom is -0.348 e. The van der Waals surface area contributed by atoms with Crippen LogP contribution in [0, 0.1) is 29.6 Å². The highest BCUT2D eigenvalue weighted by atomic mass is 32.1. The molecule has 3 heterocycles. The number of piperidine rings is 1. The van der Waals surface area contributed by atoms with Gasteiger partial charge in [0.2, 0.25) is 5.91 Å². The molecule has 2 bridgehead atoms. The van der Waals surface area contributed by atoms with Gasteiger partial charge >= 0.3 is 0 Å². The number of carbonyl (C=O) groups is 1. The number of nitrogens with one attached hydrogen (secondary N) is 3. The molecule has 0 aromatic carbocycles. The largest absolute Gasteiger partial charge is 0.348 e. The minimum atomic E-state index is 0.0957. The lowest BCUT2D eigenvalue weighted by atomic mass is 9.94. The van der Waals surface area contributed by atoms with Gasteiger partial charge in [0.15, 0.2) is 0 Å². The molecular weight excluding hydrogens is 442 g/mol. The summed E-state index contributed by atoms with van der Waals surface area (Å²) in [7, 11) is 0. The molecule has 0 spiro atoms. The van der Waals surface area contributed by atoms with E-state index < -0.39 is 0 Å². The molecule has 3 N–H and O–H groups in total. The average molecular weight is 486 g/mol. The number of amidine groups is 2. The third-order valence-electron chi connectivity index (χ3n) is 8.22. The lowest BCUT2D eigenvalue weighted by molar-refractivity contribution is -0.125. The van der Waals surface area contributed by atoms with Crippen LogP contribution in [0.1, 0.15) is 94.4 Å². The normalized spacial score (nSPS) is 26.1. The lowest BCUT2D eigenvalue weighted by Crippen LogP contribution is -2.54. The number of fused-ring (bicyclic) bond motifs is 2. The second-order valence-corrected chi connectivity index (χ2v) is 12.3. The van der Waals surface area contributed by atoms with E-state index in [0.717, 1.165) is 38.6 Å². The zero-order chi connectivity index (χ0) is 24.4. The van der Waals surface area contributed by atoms with E-state index >= 15 is 0 Å². The molecule has 1 aromatic rings. The lowest BCUT2D eigenvalue weighted by Gasteiger charge is -2.44. The Labute approximate surface area is 209 Å². The molecule has 6 nitrogen and oxygen atoms in total. The maximum Gasteiger partial charge on any atom is 0.223 e. The van der Waals surface area contributed by atoms with E-state index in [1.54, 1.807) is 0 Å². The maximum atomic E-state index is 13.0. The standard InChI is InChI=1S/C27H43N5OS/c1-17(2)26(29)32(19(4)28)23-15-21-10-11-22(16-23)31(21)14-13-24(25-12-9-18(3)34-25)30-27(33)20-7-5-6-8-20/h9,12,17,20-24,28-29H,5-8,10-11,13-16H2,1-4H3,(H,30,33). The molecule has 34 heavy (non-hydrogen) atoms. The average Bonchev–Trinajstić information content (AvgIpc) is 3.51. The van der Waals surface area contributed by atoms with Gasteiger partial charge < -0.3 is 10.2 Å². The summed E-state index contributed by atoms with van der Waals surface area (Å²) in [5, 5.41) is 20.3. The number of hydrogen-bond donors (Lipinski definition) is 3. The summed E-state index contributed by atoms with van der Waals surface area (Å²) in [4.78, 5) is 20.2. The Morgan fingerprint density at radius 1 is 1.15 bits per heavy atom. The van der Waals surface area contributed by atoms with Crippen molar-refractivity contribution in [1.82, 2.24) is 15.1 Å². The minimum absolute atomic E-state index is 0.0957. The van der Waals surface area contributed by atoms with Gasteiger partial charge in [0.1, 0.15) is 5.84 Å². The van der Waals surface area contributed by atoms with Crippen molar-refractivity contribution in [3.63, 3.8) is 0 Å². The molecule has 1 aromatic heterocycles. The van der Waals surface area contributed by atoms with Crippen LogP contribution in [0.4, 0.5) is 0 Å². The van der Waals surface area contributed by atoms with Crippen molar-refractivity contribution in [3.8, 4) is 0 Å². The summed E-state index contributed by atoms with van der Waals surface area (Å²) < 4.78 is 0. The van der Waals surface area contributed by atoms with E-state index in [0.29, 0.717) is 23.8 Å². The first kappa shape index (κ1) is 25.4. The van der Waals surface area contributed by atoms with Gasteiger partial charge in [0.05, 0.1) is 11.9 Å². The van der Waals surface area contributed by atoms with E-state index in [1.807, 2.05) is 37.0 Å². The fourth-order valence-electron chi connectivity index (χ4n) is 6.43. The van der Waals surface area contributed by atoms with Gasteiger partial charge in [-0.15, -0.1) is 11.3 Å². The molecule has 188 valence electrons. The Kier molecular flexibility index (Phi) is 8.13. The van der Waals surface area contributed by atoms with Crippen LogP contribution < -0.4 is 5.32 Å². The summed E-state index contributed by atoms with van der Waals surface area (Å²) in [6.07, 6.45) is 9.85. The molecule has 2 aliphatic heterocycles. The van der Waals surface area contributed by atoms with Crippen LogP contribution in [0.5, 0.6) is 0 Å². The number of nitrogens with zero attached hydrogens (tertiary/aromatic N) is 2. The van der Waals surface area contributed by atoms with Crippen molar-refractivity contribution in [2.45, 2.75) is 110 Å². The zero-order valence-electron chi connectivity index (χ0n) is 21.4. The van der Waals surface area contributed by atoms with Crippen LogP contribution in [-0.2, 0) is 4.79 Å². The van der Waals surface area contributed by atoms with Crippen LogP contribution in [0.15, 0.2) is 12.1 Å². The van der Waals surface area contributed by atoms with Gasteiger partial charge in [-0.25, -0.2) is 0 Å². The zero-order valence-corrected chi connectivity index (χ0v) is 22.2. The molecule has 7 heteroatoms. The molecule has 0 radical (unpaired) electrons. The van der Waals surface area contributed by atoms with Crippen molar-refractivity contribution >= 4 is 28.9 Å². The topological polar surface area (TPSA) is 83.3 Å². The molecule has 1 saturated carbocycles. The van der Waals surface area contributed by atoms with Crippen molar-refractivity contribution < 1.29 is 4.79 Å². The van der Waals surface area contributed by atoms with Gasteiger partial charge in [0, 0.05) is 46.3 Å². The van der Waals surface area contributed by atoms with Crippen molar-refractivity contribution in [2.75, 3.05) is 6.54 Å². The molecule has 3 unspecified atom stereocenters. The monoisotopic (exact) mass is 485 g/mol. The highest BCUT2D eigenvalue weighted by Gasteiger charge is 2.43. The third-order valence-corrected chi connectivity index (χ3v) is 9.33. The molecular formula is C27H43N5OS. The molecule has 1 aliphatic carbocycles. The van der Waals surface area contributed by atoms with Crippen LogP contribution in [0.2, 0.25) is 0 Å². The number of thiophene rings is 1. The summed E-state index contributed by atoms with van der Waals surface area (Å²) in [5.41, 5.74) is 0. The van der Waals surface area contributed by atoms with Crippen molar-refractivity contribution in [2.24, 2.45) is 11.8 Å². The van der Waals surface area contributed by atoms with Gasteiger partial charge in [-0.3, -0.25) is 20.5 Å². The van der Waals surface area contributed by atoms with Crippen molar-refractivity contribution in [3.05, 3.63) is 21.9 Å².